The third kappa shape index (κ3) is 3.66. The molecule has 1 atom stereocenters. The van der Waals surface area contributed by atoms with Gasteiger partial charge in [-0.15, -0.1) is 0 Å². The first-order valence-electron chi connectivity index (χ1n) is 5.54. The molecule has 0 aliphatic carbocycles. The number of aryl methyl sites for hydroxylation is 2. The molecule has 0 radical (unpaired) electrons. The third-order valence-electron chi connectivity index (χ3n) is 2.38. The normalized spacial score (nSPS) is 12.5. The van der Waals surface area contributed by atoms with Crippen molar-refractivity contribution in [3.8, 4) is 0 Å². The van der Waals surface area contributed by atoms with Crippen LogP contribution in [0.2, 0.25) is 0 Å². The molecule has 5 nitrogen and oxygen atoms in total. The molecular weight excluding hydrogens is 204 g/mol. The summed E-state index contributed by atoms with van der Waals surface area (Å²) in [5, 5.41) is 6.99. The van der Waals surface area contributed by atoms with E-state index in [-0.39, 0.29) is 11.9 Å². The molecule has 0 saturated heterocycles. The Morgan fingerprint density at radius 3 is 2.88 bits per heavy atom. The summed E-state index contributed by atoms with van der Waals surface area (Å²) < 4.78 is 1.65. The van der Waals surface area contributed by atoms with Crippen LogP contribution in [0, 0.1) is 6.92 Å². The van der Waals surface area contributed by atoms with Gasteiger partial charge in [0.2, 0.25) is 0 Å². The van der Waals surface area contributed by atoms with Crippen LogP contribution in [-0.4, -0.2) is 28.3 Å². The van der Waals surface area contributed by atoms with E-state index in [2.05, 4.69) is 10.4 Å². The molecule has 1 aromatic rings. The number of aromatic nitrogens is 2. The van der Waals surface area contributed by atoms with Crippen LogP contribution in [0.5, 0.6) is 0 Å². The Kier molecular flexibility index (Phi) is 4.49. The van der Waals surface area contributed by atoms with Crippen molar-refractivity contribution in [2.45, 2.75) is 32.7 Å². The van der Waals surface area contributed by atoms with Gasteiger partial charge in [-0.1, -0.05) is 0 Å². The monoisotopic (exact) mass is 224 g/mol. The maximum atomic E-state index is 11.7. The number of carbonyl (C=O) groups excluding carboxylic acids is 1. The van der Waals surface area contributed by atoms with Crippen LogP contribution in [0.25, 0.3) is 0 Å². The third-order valence-corrected chi connectivity index (χ3v) is 2.38. The average molecular weight is 224 g/mol. The number of amides is 1. The lowest BCUT2D eigenvalue weighted by molar-refractivity contribution is 0.0952. The predicted molar refractivity (Wildman–Crippen MR) is 63.2 cm³/mol. The van der Waals surface area contributed by atoms with Gasteiger partial charge < -0.3 is 11.1 Å². The van der Waals surface area contributed by atoms with Crippen molar-refractivity contribution in [1.29, 1.82) is 0 Å². The van der Waals surface area contributed by atoms with Crippen LogP contribution in [0.3, 0.4) is 0 Å². The summed E-state index contributed by atoms with van der Waals surface area (Å²) in [4.78, 5) is 11.7. The Labute approximate surface area is 96.0 Å². The molecule has 3 N–H and O–H groups in total. The lowest BCUT2D eigenvalue weighted by Crippen LogP contribution is -2.26. The van der Waals surface area contributed by atoms with Crippen LogP contribution in [0.1, 0.15) is 35.8 Å². The molecule has 1 heterocycles. The molecule has 0 saturated carbocycles. The van der Waals surface area contributed by atoms with Gasteiger partial charge in [-0.3, -0.25) is 9.48 Å². The zero-order valence-corrected chi connectivity index (χ0v) is 10.2. The highest BCUT2D eigenvalue weighted by atomic mass is 16.1. The highest BCUT2D eigenvalue weighted by molar-refractivity contribution is 5.94. The summed E-state index contributed by atoms with van der Waals surface area (Å²) >= 11 is 0. The lowest BCUT2D eigenvalue weighted by Gasteiger charge is -2.06. The summed E-state index contributed by atoms with van der Waals surface area (Å²) in [5.74, 6) is -0.0599. The molecule has 0 aromatic carbocycles. The number of carbonyl (C=O) groups is 1. The summed E-state index contributed by atoms with van der Waals surface area (Å²) in [6.07, 6.45) is 3.56. The second-order valence-electron chi connectivity index (χ2n) is 4.18. The van der Waals surface area contributed by atoms with Crippen molar-refractivity contribution in [3.05, 3.63) is 17.5 Å². The van der Waals surface area contributed by atoms with E-state index in [1.807, 2.05) is 13.8 Å². The maximum Gasteiger partial charge on any atom is 0.254 e. The number of nitrogens with two attached hydrogens (primary N) is 1. The molecule has 1 amide bonds. The van der Waals surface area contributed by atoms with Gasteiger partial charge in [0.1, 0.15) is 0 Å². The first-order valence-corrected chi connectivity index (χ1v) is 5.54. The van der Waals surface area contributed by atoms with Crippen LogP contribution in [-0.2, 0) is 7.05 Å². The van der Waals surface area contributed by atoms with E-state index >= 15 is 0 Å². The number of nitrogens with one attached hydrogen (secondary N) is 1. The van der Waals surface area contributed by atoms with Crippen LogP contribution >= 0.6 is 0 Å². The van der Waals surface area contributed by atoms with E-state index in [9.17, 15) is 4.79 Å². The molecule has 5 heteroatoms. The highest BCUT2D eigenvalue weighted by Crippen LogP contribution is 2.04. The van der Waals surface area contributed by atoms with Gasteiger partial charge in [-0.25, -0.2) is 0 Å². The van der Waals surface area contributed by atoms with Gasteiger partial charge in [0, 0.05) is 25.8 Å². The van der Waals surface area contributed by atoms with Gasteiger partial charge in [-0.2, -0.15) is 5.10 Å². The zero-order valence-electron chi connectivity index (χ0n) is 10.2. The molecule has 90 valence electrons. The van der Waals surface area contributed by atoms with Crippen molar-refractivity contribution < 1.29 is 4.79 Å². The minimum absolute atomic E-state index is 0.0599. The quantitative estimate of drug-likeness (QED) is 0.719. The van der Waals surface area contributed by atoms with Gasteiger partial charge >= 0.3 is 0 Å². The first-order chi connectivity index (χ1) is 7.50. The molecule has 16 heavy (non-hydrogen) atoms. The summed E-state index contributed by atoms with van der Waals surface area (Å²) in [5.41, 5.74) is 7.02. The second-order valence-corrected chi connectivity index (χ2v) is 4.18. The average Bonchev–Trinajstić information content (AvgIpc) is 2.52. The minimum Gasteiger partial charge on any atom is -0.352 e. The molecule has 1 rings (SSSR count). The molecule has 1 unspecified atom stereocenters. The fourth-order valence-corrected chi connectivity index (χ4v) is 1.54. The number of hydrogen-bond acceptors (Lipinski definition) is 3. The van der Waals surface area contributed by atoms with Crippen molar-refractivity contribution in [1.82, 2.24) is 15.1 Å². The largest absolute Gasteiger partial charge is 0.352 e. The summed E-state index contributed by atoms with van der Waals surface area (Å²) in [7, 11) is 1.81. The van der Waals surface area contributed by atoms with Crippen LogP contribution in [0.15, 0.2) is 6.20 Å². The van der Waals surface area contributed by atoms with Gasteiger partial charge in [0.15, 0.2) is 0 Å². The van der Waals surface area contributed by atoms with Crippen molar-refractivity contribution >= 4 is 5.91 Å². The molecular formula is C11H20N4O. The zero-order chi connectivity index (χ0) is 12.1. The van der Waals surface area contributed by atoms with E-state index in [1.165, 1.54) is 0 Å². The fourth-order valence-electron chi connectivity index (χ4n) is 1.54. The number of hydrogen-bond donors (Lipinski definition) is 2. The highest BCUT2D eigenvalue weighted by Gasteiger charge is 2.11. The standard InChI is InChI=1S/C11H20N4O/c1-8(12)5-4-6-13-11(16)10-7-15(3)14-9(10)2/h7-8H,4-6,12H2,1-3H3,(H,13,16). The summed E-state index contributed by atoms with van der Waals surface area (Å²) in [6, 6.07) is 0.192. The first kappa shape index (κ1) is 12.7. The number of rotatable bonds is 5. The maximum absolute atomic E-state index is 11.7. The van der Waals surface area contributed by atoms with E-state index < -0.39 is 0 Å². The lowest BCUT2D eigenvalue weighted by atomic mass is 10.2. The van der Waals surface area contributed by atoms with Crippen molar-refractivity contribution in [2.24, 2.45) is 12.8 Å². The van der Waals surface area contributed by atoms with E-state index in [1.54, 1.807) is 17.9 Å². The molecule has 0 fully saturated rings. The van der Waals surface area contributed by atoms with Crippen molar-refractivity contribution in [3.63, 3.8) is 0 Å². The SMILES string of the molecule is Cc1nn(C)cc1C(=O)NCCCC(C)N. The minimum atomic E-state index is -0.0599. The van der Waals surface area contributed by atoms with Crippen LogP contribution < -0.4 is 11.1 Å². The van der Waals surface area contributed by atoms with E-state index in [0.717, 1.165) is 18.5 Å². The molecule has 0 spiro atoms. The molecule has 1 aromatic heterocycles. The smallest absolute Gasteiger partial charge is 0.254 e. The van der Waals surface area contributed by atoms with E-state index in [4.69, 9.17) is 5.73 Å². The molecule has 0 aliphatic rings. The van der Waals surface area contributed by atoms with Gasteiger partial charge in [0.05, 0.1) is 11.3 Å². The predicted octanol–water partition coefficient (Wildman–Crippen LogP) is 0.586. The Morgan fingerprint density at radius 1 is 1.69 bits per heavy atom. The topological polar surface area (TPSA) is 72.9 Å². The number of nitrogens with zero attached hydrogens (tertiary/aromatic N) is 2. The van der Waals surface area contributed by atoms with Gasteiger partial charge in [-0.05, 0) is 26.7 Å². The van der Waals surface area contributed by atoms with E-state index in [0.29, 0.717) is 12.1 Å². The summed E-state index contributed by atoms with van der Waals surface area (Å²) in [6.45, 7) is 4.46. The molecule has 0 bridgehead atoms. The Balaban J connectivity index is 2.38. The fraction of sp³-hybridized carbons (Fsp3) is 0.636. The van der Waals surface area contributed by atoms with Crippen molar-refractivity contribution in [2.75, 3.05) is 6.54 Å². The Bertz CT molecular complexity index is 357. The van der Waals surface area contributed by atoms with Crippen LogP contribution in [0.4, 0.5) is 0 Å². The second kappa shape index (κ2) is 5.65. The molecule has 0 aliphatic heterocycles. The Morgan fingerprint density at radius 2 is 2.38 bits per heavy atom. The Hall–Kier alpha value is -1.36. The van der Waals surface area contributed by atoms with Gasteiger partial charge in [0.25, 0.3) is 5.91 Å².